The molecule has 2 heterocycles. The fraction of sp³-hybridized carbons (Fsp3) is 0.480. The number of morpholine rings is 1. The zero-order chi connectivity index (χ0) is 23.3. The van der Waals surface area contributed by atoms with E-state index in [0.29, 0.717) is 17.2 Å². The van der Waals surface area contributed by atoms with Crippen molar-refractivity contribution >= 4 is 21.6 Å². The summed E-state index contributed by atoms with van der Waals surface area (Å²) in [5, 5.41) is 0. The number of rotatable bonds is 7. The van der Waals surface area contributed by atoms with Crippen LogP contribution in [0.5, 0.6) is 0 Å². The SMILES string of the molecule is CN(c1ccccc1)S(=O)(=O)c1ccc(C(=O)N2CCC(CCN3CCOCC3)CC2)cc1. The average Bonchev–Trinajstić information content (AvgIpc) is 2.88. The molecular formula is C25H33N3O4S. The molecule has 1 amide bonds. The molecular weight excluding hydrogens is 438 g/mol. The van der Waals surface area contributed by atoms with Gasteiger partial charge in [0.1, 0.15) is 0 Å². The van der Waals surface area contributed by atoms with Crippen molar-refractivity contribution < 1.29 is 17.9 Å². The molecule has 0 radical (unpaired) electrons. The lowest BCUT2D eigenvalue weighted by Crippen LogP contribution is -2.40. The lowest BCUT2D eigenvalue weighted by molar-refractivity contribution is 0.0332. The predicted molar refractivity (Wildman–Crippen MR) is 129 cm³/mol. The average molecular weight is 472 g/mol. The number of ether oxygens (including phenoxy) is 1. The lowest BCUT2D eigenvalue weighted by atomic mass is 9.93. The summed E-state index contributed by atoms with van der Waals surface area (Å²) in [4.78, 5) is 17.5. The second-order valence-corrected chi connectivity index (χ2v) is 10.8. The van der Waals surface area contributed by atoms with Crippen molar-refractivity contribution in [3.8, 4) is 0 Å². The van der Waals surface area contributed by atoms with Crippen LogP contribution in [-0.2, 0) is 14.8 Å². The van der Waals surface area contributed by atoms with E-state index in [1.54, 1.807) is 36.4 Å². The molecule has 2 aromatic carbocycles. The second-order valence-electron chi connectivity index (χ2n) is 8.81. The minimum Gasteiger partial charge on any atom is -0.379 e. The van der Waals surface area contributed by atoms with Gasteiger partial charge in [0.05, 0.1) is 23.8 Å². The number of carbonyl (C=O) groups is 1. The molecule has 0 aliphatic carbocycles. The Morgan fingerprint density at radius 1 is 0.970 bits per heavy atom. The van der Waals surface area contributed by atoms with E-state index in [1.807, 2.05) is 11.0 Å². The monoisotopic (exact) mass is 471 g/mol. The first kappa shape index (κ1) is 23.7. The molecule has 0 unspecified atom stereocenters. The number of likely N-dealkylation sites (tertiary alicyclic amines) is 1. The molecule has 0 bridgehead atoms. The van der Waals surface area contributed by atoms with E-state index >= 15 is 0 Å². The van der Waals surface area contributed by atoms with Gasteiger partial charge < -0.3 is 9.64 Å². The van der Waals surface area contributed by atoms with Crippen molar-refractivity contribution in [1.29, 1.82) is 0 Å². The van der Waals surface area contributed by atoms with Crippen LogP contribution in [0, 0.1) is 5.92 Å². The van der Waals surface area contributed by atoms with Gasteiger partial charge in [-0.25, -0.2) is 8.42 Å². The van der Waals surface area contributed by atoms with Crippen molar-refractivity contribution in [2.24, 2.45) is 5.92 Å². The van der Waals surface area contributed by atoms with Crippen molar-refractivity contribution in [1.82, 2.24) is 9.80 Å². The summed E-state index contributed by atoms with van der Waals surface area (Å²) < 4.78 is 32.6. The third-order valence-corrected chi connectivity index (χ3v) is 8.54. The molecule has 2 saturated heterocycles. The third-order valence-electron chi connectivity index (χ3n) is 6.74. The van der Waals surface area contributed by atoms with E-state index in [-0.39, 0.29) is 10.8 Å². The summed E-state index contributed by atoms with van der Waals surface area (Å²) in [5.41, 5.74) is 1.12. The first-order valence-electron chi connectivity index (χ1n) is 11.7. The Bertz CT molecular complexity index is 1010. The third kappa shape index (κ3) is 5.75. The molecule has 0 spiro atoms. The van der Waals surface area contributed by atoms with Crippen molar-refractivity contribution in [2.45, 2.75) is 24.2 Å². The molecule has 2 aliphatic rings. The van der Waals surface area contributed by atoms with Crippen LogP contribution in [0.3, 0.4) is 0 Å². The number of hydrogen-bond acceptors (Lipinski definition) is 5. The molecule has 2 aromatic rings. The van der Waals surface area contributed by atoms with Gasteiger partial charge in [-0.3, -0.25) is 14.0 Å². The number of nitrogens with zero attached hydrogens (tertiary/aromatic N) is 3. The van der Waals surface area contributed by atoms with Gasteiger partial charge in [-0.05, 0) is 68.1 Å². The molecule has 2 aliphatic heterocycles. The molecule has 7 nitrogen and oxygen atoms in total. The van der Waals surface area contributed by atoms with Crippen LogP contribution in [0.15, 0.2) is 59.5 Å². The Morgan fingerprint density at radius 2 is 1.61 bits per heavy atom. The number of anilines is 1. The Morgan fingerprint density at radius 3 is 2.24 bits per heavy atom. The predicted octanol–water partition coefficient (Wildman–Crippen LogP) is 3.09. The molecule has 0 N–H and O–H groups in total. The number of hydrogen-bond donors (Lipinski definition) is 0. The minimum atomic E-state index is -3.69. The van der Waals surface area contributed by atoms with Gasteiger partial charge in [0.25, 0.3) is 15.9 Å². The summed E-state index contributed by atoms with van der Waals surface area (Å²) in [6.07, 6.45) is 3.21. The quantitative estimate of drug-likeness (QED) is 0.621. The highest BCUT2D eigenvalue weighted by atomic mass is 32.2. The van der Waals surface area contributed by atoms with Crippen LogP contribution in [0.2, 0.25) is 0 Å². The van der Waals surface area contributed by atoms with Gasteiger partial charge in [-0.15, -0.1) is 0 Å². The fourth-order valence-corrected chi connectivity index (χ4v) is 5.70. The maximum absolute atomic E-state index is 13.0. The number of para-hydroxylation sites is 1. The highest BCUT2D eigenvalue weighted by molar-refractivity contribution is 7.92. The normalized spacial score (nSPS) is 18.3. The van der Waals surface area contributed by atoms with Gasteiger partial charge in [0.2, 0.25) is 0 Å². The maximum Gasteiger partial charge on any atom is 0.264 e. The van der Waals surface area contributed by atoms with Gasteiger partial charge in [-0.1, -0.05) is 18.2 Å². The van der Waals surface area contributed by atoms with Gasteiger partial charge in [0, 0.05) is 38.8 Å². The Labute approximate surface area is 197 Å². The topological polar surface area (TPSA) is 70.2 Å². The van der Waals surface area contributed by atoms with Crippen LogP contribution in [0.1, 0.15) is 29.6 Å². The lowest BCUT2D eigenvalue weighted by Gasteiger charge is -2.34. The zero-order valence-electron chi connectivity index (χ0n) is 19.2. The number of carbonyl (C=O) groups excluding carboxylic acids is 1. The summed E-state index contributed by atoms with van der Waals surface area (Å²) in [7, 11) is -2.15. The van der Waals surface area contributed by atoms with E-state index in [1.165, 1.54) is 29.9 Å². The van der Waals surface area contributed by atoms with Crippen LogP contribution >= 0.6 is 0 Å². The van der Waals surface area contributed by atoms with Gasteiger partial charge >= 0.3 is 0 Å². The zero-order valence-corrected chi connectivity index (χ0v) is 20.0. The number of benzene rings is 2. The van der Waals surface area contributed by atoms with E-state index in [9.17, 15) is 13.2 Å². The van der Waals surface area contributed by atoms with Gasteiger partial charge in [0.15, 0.2) is 0 Å². The Balaban J connectivity index is 1.31. The van der Waals surface area contributed by atoms with Crippen LogP contribution in [-0.4, -0.2) is 77.1 Å². The van der Waals surface area contributed by atoms with E-state index in [0.717, 1.165) is 58.8 Å². The number of amides is 1. The Kier molecular flexibility index (Phi) is 7.67. The molecule has 178 valence electrons. The summed E-state index contributed by atoms with van der Waals surface area (Å²) in [5.74, 6) is 0.625. The first-order valence-corrected chi connectivity index (χ1v) is 13.1. The number of sulfonamides is 1. The molecule has 0 saturated carbocycles. The van der Waals surface area contributed by atoms with E-state index in [4.69, 9.17) is 4.74 Å². The number of piperidine rings is 1. The molecule has 8 heteroatoms. The second kappa shape index (κ2) is 10.7. The Hall–Kier alpha value is -2.42. The van der Waals surface area contributed by atoms with E-state index in [2.05, 4.69) is 4.90 Å². The molecule has 33 heavy (non-hydrogen) atoms. The molecule has 4 rings (SSSR count). The highest BCUT2D eigenvalue weighted by Gasteiger charge is 2.26. The largest absolute Gasteiger partial charge is 0.379 e. The molecule has 2 fully saturated rings. The standard InChI is InChI=1S/C25H33N3O4S/c1-26(23-5-3-2-4-6-23)33(30,31)24-9-7-22(8-10-24)25(29)28-15-12-21(13-16-28)11-14-27-17-19-32-20-18-27/h2-10,21H,11-20H2,1H3. The molecule has 0 aromatic heterocycles. The fourth-order valence-electron chi connectivity index (χ4n) is 4.50. The van der Waals surface area contributed by atoms with Gasteiger partial charge in [-0.2, -0.15) is 0 Å². The first-order chi connectivity index (χ1) is 15.9. The van der Waals surface area contributed by atoms with Crippen LogP contribution in [0.4, 0.5) is 5.69 Å². The van der Waals surface area contributed by atoms with Crippen LogP contribution < -0.4 is 4.31 Å². The van der Waals surface area contributed by atoms with E-state index < -0.39 is 10.0 Å². The minimum absolute atomic E-state index is 0.0259. The summed E-state index contributed by atoms with van der Waals surface area (Å²) in [6, 6.07) is 15.2. The summed E-state index contributed by atoms with van der Waals surface area (Å²) >= 11 is 0. The van der Waals surface area contributed by atoms with Crippen molar-refractivity contribution in [3.63, 3.8) is 0 Å². The highest BCUT2D eigenvalue weighted by Crippen LogP contribution is 2.24. The van der Waals surface area contributed by atoms with Crippen LogP contribution in [0.25, 0.3) is 0 Å². The smallest absolute Gasteiger partial charge is 0.264 e. The summed E-state index contributed by atoms with van der Waals surface area (Å²) in [6.45, 7) is 6.31. The maximum atomic E-state index is 13.0. The van der Waals surface area contributed by atoms with Crippen molar-refractivity contribution in [2.75, 3.05) is 57.3 Å². The molecule has 0 atom stereocenters. The van der Waals surface area contributed by atoms with Crippen molar-refractivity contribution in [3.05, 3.63) is 60.2 Å².